The first-order valence-corrected chi connectivity index (χ1v) is 6.93. The van der Waals surface area contributed by atoms with Gasteiger partial charge in [-0.15, -0.1) is 0 Å². The molecule has 1 aliphatic heterocycles. The van der Waals surface area contributed by atoms with Crippen LogP contribution in [0.5, 0.6) is 0 Å². The molecule has 1 N–H and O–H groups in total. The monoisotopic (exact) mass is 292 g/mol. The van der Waals surface area contributed by atoms with E-state index in [-0.39, 0.29) is 11.8 Å². The molecule has 1 unspecified atom stereocenters. The molecule has 1 aromatic rings. The predicted molar refractivity (Wildman–Crippen MR) is 77.1 cm³/mol. The summed E-state index contributed by atoms with van der Waals surface area (Å²) in [7, 11) is 3.00. The van der Waals surface area contributed by atoms with Gasteiger partial charge in [-0.25, -0.2) is 9.86 Å². The summed E-state index contributed by atoms with van der Waals surface area (Å²) in [5.41, 5.74) is 1.62. The van der Waals surface area contributed by atoms with E-state index in [1.54, 1.807) is 19.2 Å². The van der Waals surface area contributed by atoms with E-state index in [2.05, 4.69) is 0 Å². The van der Waals surface area contributed by atoms with E-state index in [1.807, 2.05) is 12.1 Å². The van der Waals surface area contributed by atoms with Crippen LogP contribution in [-0.2, 0) is 4.84 Å². The number of hydroxylamine groups is 2. The molecule has 2 amide bonds. The lowest BCUT2D eigenvalue weighted by Crippen LogP contribution is -2.38. The molecule has 1 fully saturated rings. The quantitative estimate of drug-likeness (QED) is 0.867. The molecule has 1 saturated heterocycles. The lowest BCUT2D eigenvalue weighted by atomic mass is 9.90. The highest BCUT2D eigenvalue weighted by Crippen LogP contribution is 2.27. The van der Waals surface area contributed by atoms with Gasteiger partial charge in [0.05, 0.1) is 7.11 Å². The van der Waals surface area contributed by atoms with Gasteiger partial charge in [-0.05, 0) is 30.5 Å². The Hall–Kier alpha value is -2.08. The van der Waals surface area contributed by atoms with Crippen molar-refractivity contribution in [2.75, 3.05) is 27.2 Å². The number of amides is 2. The second kappa shape index (κ2) is 6.58. The molecule has 1 atom stereocenters. The first kappa shape index (κ1) is 15.3. The molecule has 0 radical (unpaired) electrons. The van der Waals surface area contributed by atoms with E-state index in [4.69, 9.17) is 9.94 Å². The normalized spacial score (nSPS) is 18.4. The minimum atomic E-state index is -0.867. The average Bonchev–Trinajstić information content (AvgIpc) is 2.53. The third kappa shape index (κ3) is 3.52. The molecule has 21 heavy (non-hydrogen) atoms. The topological polar surface area (TPSA) is 70.1 Å². The summed E-state index contributed by atoms with van der Waals surface area (Å²) in [5, 5.41) is 10.2. The highest BCUT2D eigenvalue weighted by atomic mass is 16.7. The Kier molecular flexibility index (Phi) is 4.80. The van der Waals surface area contributed by atoms with E-state index in [0.29, 0.717) is 18.7 Å². The Labute approximate surface area is 123 Å². The second-order valence-electron chi connectivity index (χ2n) is 5.17. The van der Waals surface area contributed by atoms with Crippen LogP contribution in [0.4, 0.5) is 4.79 Å². The lowest BCUT2D eigenvalue weighted by molar-refractivity contribution is -0.0757. The molecule has 0 aromatic heterocycles. The van der Waals surface area contributed by atoms with Gasteiger partial charge in [0.2, 0.25) is 0 Å². The lowest BCUT2D eigenvalue weighted by Gasteiger charge is -2.31. The van der Waals surface area contributed by atoms with Crippen LogP contribution in [0.1, 0.15) is 34.7 Å². The number of benzene rings is 1. The molecule has 1 aliphatic rings. The summed E-state index contributed by atoms with van der Waals surface area (Å²) in [6.07, 6.45) is 0.965. The van der Waals surface area contributed by atoms with Gasteiger partial charge >= 0.3 is 6.09 Å². The average molecular weight is 292 g/mol. The molecule has 0 aliphatic carbocycles. The van der Waals surface area contributed by atoms with Crippen molar-refractivity contribution in [2.24, 2.45) is 0 Å². The van der Waals surface area contributed by atoms with Crippen molar-refractivity contribution < 1.29 is 19.5 Å². The van der Waals surface area contributed by atoms with Crippen molar-refractivity contribution in [3.8, 4) is 0 Å². The molecule has 114 valence electrons. The zero-order valence-electron chi connectivity index (χ0n) is 12.3. The van der Waals surface area contributed by atoms with Gasteiger partial charge in [0.25, 0.3) is 5.91 Å². The Morgan fingerprint density at radius 3 is 2.57 bits per heavy atom. The summed E-state index contributed by atoms with van der Waals surface area (Å²) >= 11 is 0. The molecule has 6 nitrogen and oxygen atoms in total. The Balaban J connectivity index is 2.08. The van der Waals surface area contributed by atoms with Crippen LogP contribution in [0.2, 0.25) is 0 Å². The molecular weight excluding hydrogens is 272 g/mol. The fourth-order valence-electron chi connectivity index (χ4n) is 2.59. The zero-order valence-corrected chi connectivity index (χ0v) is 12.3. The molecule has 0 saturated carbocycles. The van der Waals surface area contributed by atoms with Crippen molar-refractivity contribution in [3.05, 3.63) is 35.4 Å². The van der Waals surface area contributed by atoms with E-state index in [1.165, 1.54) is 17.1 Å². The van der Waals surface area contributed by atoms with Crippen LogP contribution in [0, 0.1) is 0 Å². The maximum atomic E-state index is 11.9. The van der Waals surface area contributed by atoms with E-state index in [0.717, 1.165) is 18.4 Å². The van der Waals surface area contributed by atoms with Crippen LogP contribution in [-0.4, -0.2) is 54.3 Å². The van der Waals surface area contributed by atoms with Gasteiger partial charge in [-0.1, -0.05) is 12.1 Å². The van der Waals surface area contributed by atoms with Crippen molar-refractivity contribution in [1.82, 2.24) is 9.96 Å². The molecule has 2 rings (SSSR count). The Morgan fingerprint density at radius 2 is 2.00 bits per heavy atom. The number of hydrogen-bond donors (Lipinski definition) is 1. The Bertz CT molecular complexity index is 515. The van der Waals surface area contributed by atoms with Crippen LogP contribution >= 0.6 is 0 Å². The molecule has 1 heterocycles. The number of piperidine rings is 1. The highest BCUT2D eigenvalue weighted by molar-refractivity contribution is 5.93. The van der Waals surface area contributed by atoms with E-state index in [9.17, 15) is 9.59 Å². The molecule has 0 spiro atoms. The molecular formula is C15H20N2O4. The number of rotatable bonds is 3. The Morgan fingerprint density at radius 1 is 1.33 bits per heavy atom. The van der Waals surface area contributed by atoms with Crippen molar-refractivity contribution >= 4 is 12.0 Å². The van der Waals surface area contributed by atoms with Gasteiger partial charge < -0.3 is 10.0 Å². The van der Waals surface area contributed by atoms with Crippen LogP contribution in [0.3, 0.4) is 0 Å². The summed E-state index contributed by atoms with van der Waals surface area (Å²) in [4.78, 5) is 29.3. The summed E-state index contributed by atoms with van der Waals surface area (Å²) in [6.45, 7) is 1.11. The predicted octanol–water partition coefficient (Wildman–Crippen LogP) is 2.18. The highest BCUT2D eigenvalue weighted by Gasteiger charge is 2.24. The van der Waals surface area contributed by atoms with Crippen molar-refractivity contribution in [3.63, 3.8) is 0 Å². The number of carbonyl (C=O) groups is 2. The van der Waals surface area contributed by atoms with Crippen molar-refractivity contribution in [2.45, 2.75) is 18.8 Å². The SMILES string of the molecule is CON(C)C(=O)c1ccc(C2CCCN(C(=O)O)C2)cc1. The maximum absolute atomic E-state index is 11.9. The van der Waals surface area contributed by atoms with Crippen LogP contribution < -0.4 is 0 Å². The van der Waals surface area contributed by atoms with Crippen LogP contribution in [0.25, 0.3) is 0 Å². The van der Waals surface area contributed by atoms with E-state index >= 15 is 0 Å². The summed E-state index contributed by atoms with van der Waals surface area (Å²) < 4.78 is 0. The third-order valence-corrected chi connectivity index (χ3v) is 3.88. The maximum Gasteiger partial charge on any atom is 0.407 e. The zero-order chi connectivity index (χ0) is 15.4. The first-order valence-electron chi connectivity index (χ1n) is 6.93. The standard InChI is InChI=1S/C15H20N2O4/c1-16(21-2)14(18)12-7-5-11(6-8-12)13-4-3-9-17(10-13)15(19)20/h5-8,13H,3-4,9-10H2,1-2H3,(H,19,20). The minimum Gasteiger partial charge on any atom is -0.465 e. The van der Waals surface area contributed by atoms with Crippen LogP contribution in [0.15, 0.2) is 24.3 Å². The number of carbonyl (C=O) groups excluding carboxylic acids is 1. The third-order valence-electron chi connectivity index (χ3n) is 3.88. The molecule has 6 heteroatoms. The number of hydrogen-bond acceptors (Lipinski definition) is 3. The minimum absolute atomic E-state index is 0.194. The van der Waals surface area contributed by atoms with Gasteiger partial charge in [-0.3, -0.25) is 9.63 Å². The smallest absolute Gasteiger partial charge is 0.407 e. The van der Waals surface area contributed by atoms with Crippen molar-refractivity contribution in [1.29, 1.82) is 0 Å². The molecule has 1 aromatic carbocycles. The van der Waals surface area contributed by atoms with E-state index < -0.39 is 6.09 Å². The second-order valence-corrected chi connectivity index (χ2v) is 5.17. The number of carboxylic acid groups (broad SMARTS) is 1. The summed E-state index contributed by atoms with van der Waals surface area (Å²) in [6, 6.07) is 7.30. The number of likely N-dealkylation sites (tertiary alicyclic amines) is 1. The molecule has 0 bridgehead atoms. The number of nitrogens with zero attached hydrogens (tertiary/aromatic N) is 2. The van der Waals surface area contributed by atoms with Gasteiger partial charge in [0, 0.05) is 31.6 Å². The van der Waals surface area contributed by atoms with Gasteiger partial charge in [0.1, 0.15) is 0 Å². The fraction of sp³-hybridized carbons (Fsp3) is 0.467. The largest absolute Gasteiger partial charge is 0.465 e. The van der Waals surface area contributed by atoms with Gasteiger partial charge in [-0.2, -0.15) is 0 Å². The fourth-order valence-corrected chi connectivity index (χ4v) is 2.59. The first-order chi connectivity index (χ1) is 10.0. The summed E-state index contributed by atoms with van der Waals surface area (Å²) in [5.74, 6) is -0.0148. The van der Waals surface area contributed by atoms with Gasteiger partial charge in [0.15, 0.2) is 0 Å².